The fourth-order valence-electron chi connectivity index (χ4n) is 2.55. The van der Waals surface area contributed by atoms with E-state index in [2.05, 4.69) is 0 Å². The van der Waals surface area contributed by atoms with Crippen molar-refractivity contribution in [2.75, 3.05) is 0 Å². The van der Waals surface area contributed by atoms with Gasteiger partial charge in [0.05, 0.1) is 6.10 Å². The first-order valence-electron chi connectivity index (χ1n) is 6.87. The van der Waals surface area contributed by atoms with Gasteiger partial charge in [0.2, 0.25) is 0 Å². The molecule has 106 valence electrons. The summed E-state index contributed by atoms with van der Waals surface area (Å²) in [6.07, 6.45) is -1.26. The van der Waals surface area contributed by atoms with E-state index in [9.17, 15) is 15.3 Å². The predicted molar refractivity (Wildman–Crippen MR) is 66.8 cm³/mol. The largest absolute Gasteiger partial charge is 0.388 e. The Morgan fingerprint density at radius 3 is 2.22 bits per heavy atom. The third-order valence-electron chi connectivity index (χ3n) is 4.16. The molecule has 1 saturated carbocycles. The Kier molecular flexibility index (Phi) is 4.29. The highest BCUT2D eigenvalue weighted by Crippen LogP contribution is 2.37. The molecule has 5 heteroatoms. The van der Waals surface area contributed by atoms with Crippen molar-refractivity contribution in [3.05, 3.63) is 0 Å². The number of ether oxygens (including phenoxy) is 1. The topological polar surface area (TPSA) is 95.9 Å². The summed E-state index contributed by atoms with van der Waals surface area (Å²) in [6.45, 7) is 3.90. The molecule has 1 aliphatic carbocycles. The molecule has 1 heterocycles. The minimum atomic E-state index is -1.17. The lowest BCUT2D eigenvalue weighted by Gasteiger charge is -2.43. The summed E-state index contributed by atoms with van der Waals surface area (Å²) in [5.41, 5.74) is 6.02. The van der Waals surface area contributed by atoms with Gasteiger partial charge in [0, 0.05) is 6.04 Å². The lowest BCUT2D eigenvalue weighted by atomic mass is 9.86. The minimum absolute atomic E-state index is 0.147. The van der Waals surface area contributed by atoms with Crippen LogP contribution in [0.4, 0.5) is 0 Å². The van der Waals surface area contributed by atoms with Gasteiger partial charge in [0.15, 0.2) is 0 Å². The third-order valence-corrected chi connectivity index (χ3v) is 4.16. The highest BCUT2D eigenvalue weighted by atomic mass is 16.5. The molecule has 18 heavy (non-hydrogen) atoms. The van der Waals surface area contributed by atoms with Crippen molar-refractivity contribution >= 4 is 0 Å². The number of aliphatic hydroxyl groups is 3. The smallest absolute Gasteiger partial charge is 0.111 e. The molecule has 0 spiro atoms. The zero-order chi connectivity index (χ0) is 13.4. The second-order valence-electron chi connectivity index (χ2n) is 6.11. The number of nitrogens with two attached hydrogens (primary N) is 1. The quantitative estimate of drug-likeness (QED) is 0.552. The summed E-state index contributed by atoms with van der Waals surface area (Å²) in [4.78, 5) is 0. The van der Waals surface area contributed by atoms with E-state index in [4.69, 9.17) is 10.5 Å². The van der Waals surface area contributed by atoms with E-state index in [0.29, 0.717) is 5.92 Å². The Balaban J connectivity index is 2.04. The van der Waals surface area contributed by atoms with E-state index in [1.807, 2.05) is 13.8 Å². The van der Waals surface area contributed by atoms with Crippen LogP contribution >= 0.6 is 0 Å². The zero-order valence-electron chi connectivity index (χ0n) is 11.1. The van der Waals surface area contributed by atoms with Crippen LogP contribution in [0.3, 0.4) is 0 Å². The molecule has 2 rings (SSSR count). The fraction of sp³-hybridized carbons (Fsp3) is 1.00. The van der Waals surface area contributed by atoms with Crippen LogP contribution in [0.15, 0.2) is 0 Å². The van der Waals surface area contributed by atoms with Crippen molar-refractivity contribution in [2.45, 2.75) is 69.7 Å². The van der Waals surface area contributed by atoms with Crippen molar-refractivity contribution in [1.82, 2.24) is 0 Å². The summed E-state index contributed by atoms with van der Waals surface area (Å²) in [7, 11) is 0. The second-order valence-corrected chi connectivity index (χ2v) is 6.11. The molecule has 6 unspecified atom stereocenters. The van der Waals surface area contributed by atoms with Gasteiger partial charge in [-0.1, -0.05) is 26.7 Å². The molecule has 1 aliphatic heterocycles. The fourth-order valence-corrected chi connectivity index (χ4v) is 2.55. The van der Waals surface area contributed by atoms with Crippen LogP contribution in [0, 0.1) is 11.8 Å². The van der Waals surface area contributed by atoms with Gasteiger partial charge in [-0.3, -0.25) is 0 Å². The Morgan fingerprint density at radius 1 is 1.11 bits per heavy atom. The minimum Gasteiger partial charge on any atom is -0.388 e. The Labute approximate surface area is 108 Å². The zero-order valence-corrected chi connectivity index (χ0v) is 11.1. The molecule has 0 bridgehead atoms. The van der Waals surface area contributed by atoms with Crippen LogP contribution in [0.2, 0.25) is 0 Å². The van der Waals surface area contributed by atoms with Crippen LogP contribution in [0.5, 0.6) is 0 Å². The molecule has 2 fully saturated rings. The van der Waals surface area contributed by atoms with Crippen molar-refractivity contribution < 1.29 is 20.1 Å². The molecule has 0 aromatic carbocycles. The molecule has 0 radical (unpaired) electrons. The Bertz CT molecular complexity index is 282. The van der Waals surface area contributed by atoms with E-state index in [1.165, 1.54) is 0 Å². The van der Waals surface area contributed by atoms with Crippen LogP contribution in [-0.2, 0) is 4.74 Å². The van der Waals surface area contributed by atoms with Crippen molar-refractivity contribution in [2.24, 2.45) is 17.6 Å². The summed E-state index contributed by atoms with van der Waals surface area (Å²) in [5.74, 6) is 0.733. The molecule has 0 amide bonds. The number of hydrogen-bond acceptors (Lipinski definition) is 5. The van der Waals surface area contributed by atoms with E-state index in [1.54, 1.807) is 0 Å². The molecule has 5 nitrogen and oxygen atoms in total. The average molecular weight is 259 g/mol. The number of rotatable bonds is 4. The SMILES string of the molecule is CC(C)C(N)C1OC(CC2CC2)C(O)C(O)C1O. The summed E-state index contributed by atoms with van der Waals surface area (Å²) < 4.78 is 5.77. The van der Waals surface area contributed by atoms with Crippen molar-refractivity contribution in [1.29, 1.82) is 0 Å². The van der Waals surface area contributed by atoms with Crippen molar-refractivity contribution in [3.63, 3.8) is 0 Å². The first-order chi connectivity index (χ1) is 8.41. The summed E-state index contributed by atoms with van der Waals surface area (Å²) in [6, 6.07) is -0.344. The van der Waals surface area contributed by atoms with Crippen LogP contribution < -0.4 is 5.73 Å². The summed E-state index contributed by atoms with van der Waals surface area (Å²) >= 11 is 0. The molecule has 0 aromatic rings. The lowest BCUT2D eigenvalue weighted by Crippen LogP contribution is -2.63. The molecule has 1 saturated heterocycles. The van der Waals surface area contributed by atoms with E-state index >= 15 is 0 Å². The van der Waals surface area contributed by atoms with Crippen LogP contribution in [0.1, 0.15) is 33.1 Å². The lowest BCUT2D eigenvalue weighted by molar-refractivity contribution is -0.230. The molecule has 5 N–H and O–H groups in total. The number of hydrogen-bond donors (Lipinski definition) is 4. The highest BCUT2D eigenvalue weighted by Gasteiger charge is 2.47. The standard InChI is InChI=1S/C13H25NO4/c1-6(2)9(14)13-12(17)11(16)10(15)8(18-13)5-7-3-4-7/h6-13,15-17H,3-5,14H2,1-2H3. The molecule has 0 aromatic heterocycles. The predicted octanol–water partition coefficient (Wildman–Crippen LogP) is -0.380. The molecular formula is C13H25NO4. The van der Waals surface area contributed by atoms with E-state index in [-0.39, 0.29) is 12.0 Å². The molecule has 6 atom stereocenters. The molecular weight excluding hydrogens is 234 g/mol. The van der Waals surface area contributed by atoms with E-state index in [0.717, 1.165) is 19.3 Å². The van der Waals surface area contributed by atoms with Gasteiger partial charge < -0.3 is 25.8 Å². The van der Waals surface area contributed by atoms with Gasteiger partial charge in [-0.2, -0.15) is 0 Å². The van der Waals surface area contributed by atoms with Gasteiger partial charge in [0.1, 0.15) is 24.4 Å². The maximum absolute atomic E-state index is 9.98. The molecule has 2 aliphatic rings. The monoisotopic (exact) mass is 259 g/mol. The van der Waals surface area contributed by atoms with Crippen molar-refractivity contribution in [3.8, 4) is 0 Å². The first kappa shape index (κ1) is 14.2. The Hall–Kier alpha value is -0.200. The van der Waals surface area contributed by atoms with E-state index < -0.39 is 30.5 Å². The van der Waals surface area contributed by atoms with Crippen LogP contribution in [-0.4, -0.2) is 51.9 Å². The van der Waals surface area contributed by atoms with Gasteiger partial charge >= 0.3 is 0 Å². The van der Waals surface area contributed by atoms with Gasteiger partial charge in [0.25, 0.3) is 0 Å². The second kappa shape index (κ2) is 5.43. The maximum Gasteiger partial charge on any atom is 0.111 e. The van der Waals surface area contributed by atoms with Gasteiger partial charge in [-0.05, 0) is 18.3 Å². The first-order valence-corrected chi connectivity index (χ1v) is 6.87. The number of aliphatic hydroxyl groups excluding tert-OH is 3. The third kappa shape index (κ3) is 2.86. The maximum atomic E-state index is 9.98. The van der Waals surface area contributed by atoms with Crippen LogP contribution in [0.25, 0.3) is 0 Å². The van der Waals surface area contributed by atoms with Gasteiger partial charge in [-0.15, -0.1) is 0 Å². The van der Waals surface area contributed by atoms with Gasteiger partial charge in [-0.25, -0.2) is 0 Å². The summed E-state index contributed by atoms with van der Waals surface area (Å²) in [5, 5.41) is 29.8. The Morgan fingerprint density at radius 2 is 1.72 bits per heavy atom. The highest BCUT2D eigenvalue weighted by molar-refractivity contribution is 4.98. The average Bonchev–Trinajstić information content (AvgIpc) is 3.13. The normalized spacial score (nSPS) is 43.2.